The van der Waals surface area contributed by atoms with Gasteiger partial charge in [0.25, 0.3) is 0 Å². The molecule has 0 atom stereocenters. The van der Waals surface area contributed by atoms with Gasteiger partial charge >= 0.3 is 0 Å². The standard InChI is InChI=1S/C7H16.5C6H6O2.C3H8.3CH4/c1-6(2)5-7(3)4;5*7-5-2-1-3-6(8)4-5;1-3-2;;;/h6-7H,5H2,1-4H3;5*1-4,7-8H;3H2,1-2H3;3*1H4. The summed E-state index contributed by atoms with van der Waals surface area (Å²) in [6, 6.07) is 29.3. The van der Waals surface area contributed by atoms with E-state index in [1.165, 1.54) is 104 Å². The lowest BCUT2D eigenvalue weighted by Crippen LogP contribution is -1.93. The van der Waals surface area contributed by atoms with Crippen LogP contribution in [0.4, 0.5) is 0 Å². The number of phenols is 10. The van der Waals surface area contributed by atoms with Gasteiger partial charge in [0, 0.05) is 30.3 Å². The lowest BCUT2D eigenvalue weighted by molar-refractivity contribution is 0.449. The predicted molar refractivity (Wildman–Crippen MR) is 219 cm³/mol. The van der Waals surface area contributed by atoms with E-state index in [4.69, 9.17) is 51.1 Å². The van der Waals surface area contributed by atoms with Gasteiger partial charge in [-0.1, -0.05) is 101 Å². The Morgan fingerprint density at radius 1 is 0.321 bits per heavy atom. The van der Waals surface area contributed by atoms with Crippen molar-refractivity contribution in [2.45, 2.75) is 76.7 Å². The van der Waals surface area contributed by atoms with E-state index in [9.17, 15) is 0 Å². The third kappa shape index (κ3) is 38.8. The normalized spacial score (nSPS) is 8.60. The molecule has 0 heterocycles. The minimum Gasteiger partial charge on any atom is -0.508 e. The fourth-order valence-electron chi connectivity index (χ4n) is 3.41. The van der Waals surface area contributed by atoms with Crippen molar-refractivity contribution >= 4 is 0 Å². The van der Waals surface area contributed by atoms with Crippen LogP contribution in [0.3, 0.4) is 0 Å². The molecule has 10 heteroatoms. The van der Waals surface area contributed by atoms with Crippen LogP contribution in [0.25, 0.3) is 0 Å². The van der Waals surface area contributed by atoms with Crippen molar-refractivity contribution in [2.24, 2.45) is 11.8 Å². The number of hydrogen-bond acceptors (Lipinski definition) is 10. The van der Waals surface area contributed by atoms with Crippen molar-refractivity contribution in [3.8, 4) is 57.5 Å². The Hall–Kier alpha value is -5.90. The lowest BCUT2D eigenvalue weighted by Gasteiger charge is -2.05. The third-order valence-corrected chi connectivity index (χ3v) is 5.09. The van der Waals surface area contributed by atoms with Crippen molar-refractivity contribution in [2.75, 3.05) is 0 Å². The van der Waals surface area contributed by atoms with Crippen molar-refractivity contribution in [1.82, 2.24) is 0 Å². The molecule has 0 saturated heterocycles. The summed E-state index contributed by atoms with van der Waals surface area (Å²) in [5.74, 6) is 2.63. The predicted octanol–water partition coefficient (Wildman–Crippen LogP) is 11.5. The van der Waals surface area contributed by atoms with Crippen LogP contribution in [0.15, 0.2) is 121 Å². The Morgan fingerprint density at radius 3 is 0.472 bits per heavy atom. The SMILES string of the molecule is C.C.C.CC(C)CC(C)C.CCC.Oc1cccc(O)c1.Oc1cccc(O)c1.Oc1cccc(O)c1.Oc1cccc(O)c1.Oc1cccc(O)c1. The van der Waals surface area contributed by atoms with E-state index in [-0.39, 0.29) is 79.8 Å². The molecule has 0 aliphatic heterocycles. The number of aromatic hydroxyl groups is 10. The summed E-state index contributed by atoms with van der Waals surface area (Å²) >= 11 is 0. The Bertz CT molecular complexity index is 1210. The van der Waals surface area contributed by atoms with Crippen molar-refractivity contribution < 1.29 is 51.1 Å². The highest BCUT2D eigenvalue weighted by Crippen LogP contribution is 2.17. The van der Waals surface area contributed by atoms with Gasteiger partial charge in [-0.15, -0.1) is 0 Å². The van der Waals surface area contributed by atoms with E-state index in [0.29, 0.717) is 0 Å². The van der Waals surface area contributed by atoms with E-state index in [1.807, 2.05) is 0 Å². The third-order valence-electron chi connectivity index (χ3n) is 5.09. The Balaban J connectivity index is -0.000000169. The second kappa shape index (κ2) is 34.5. The van der Waals surface area contributed by atoms with Gasteiger partial charge in [0.15, 0.2) is 0 Å². The van der Waals surface area contributed by atoms with Crippen molar-refractivity contribution in [3.63, 3.8) is 0 Å². The molecule has 0 spiro atoms. The maximum atomic E-state index is 8.65. The maximum absolute atomic E-state index is 8.65. The molecule has 5 aromatic carbocycles. The Morgan fingerprint density at radius 2 is 0.434 bits per heavy atom. The lowest BCUT2D eigenvalue weighted by atomic mass is 10.0. The zero-order chi connectivity index (χ0) is 38.5. The van der Waals surface area contributed by atoms with Gasteiger partial charge in [-0.05, 0) is 78.9 Å². The summed E-state index contributed by atoms with van der Waals surface area (Å²) in [6.07, 6.45) is 2.61. The molecule has 0 aliphatic carbocycles. The molecule has 10 N–H and O–H groups in total. The van der Waals surface area contributed by atoms with Gasteiger partial charge in [-0.3, -0.25) is 0 Å². The molecule has 0 radical (unpaired) electrons. The topological polar surface area (TPSA) is 202 Å². The van der Waals surface area contributed by atoms with Crippen LogP contribution in [-0.4, -0.2) is 51.1 Å². The van der Waals surface area contributed by atoms with Crippen LogP contribution < -0.4 is 0 Å². The monoisotopic (exact) mass is 742 g/mol. The number of rotatable bonds is 2. The van der Waals surface area contributed by atoms with E-state index < -0.39 is 0 Å². The molecule has 298 valence electrons. The van der Waals surface area contributed by atoms with E-state index in [0.717, 1.165) is 11.8 Å². The largest absolute Gasteiger partial charge is 0.508 e. The summed E-state index contributed by atoms with van der Waals surface area (Å²) < 4.78 is 0. The van der Waals surface area contributed by atoms with E-state index in [2.05, 4.69) is 41.5 Å². The van der Waals surface area contributed by atoms with Gasteiger partial charge in [-0.25, -0.2) is 0 Å². The molecule has 53 heavy (non-hydrogen) atoms. The van der Waals surface area contributed by atoms with E-state index in [1.54, 1.807) is 30.3 Å². The van der Waals surface area contributed by atoms with Crippen LogP contribution in [0.5, 0.6) is 57.5 Å². The highest BCUT2D eigenvalue weighted by atomic mass is 16.3. The maximum Gasteiger partial charge on any atom is 0.119 e. The van der Waals surface area contributed by atoms with Gasteiger partial charge in [0.1, 0.15) is 57.5 Å². The summed E-state index contributed by atoms with van der Waals surface area (Å²) in [5.41, 5.74) is 0. The molecule has 5 rings (SSSR count). The fraction of sp³-hybridized carbons (Fsp3) is 0.302. The molecule has 0 fully saturated rings. The summed E-state index contributed by atoms with van der Waals surface area (Å²) in [7, 11) is 0. The quantitative estimate of drug-likeness (QED) is 0.0829. The highest BCUT2D eigenvalue weighted by Gasteiger charge is 1.96. The second-order valence-corrected chi connectivity index (χ2v) is 11.3. The average Bonchev–Trinajstić information content (AvgIpc) is 2.98. The highest BCUT2D eigenvalue weighted by molar-refractivity contribution is 5.32. The molecule has 0 aromatic heterocycles. The first-order chi connectivity index (χ1) is 23.5. The molecule has 10 nitrogen and oxygen atoms in total. The molecule has 0 unspecified atom stereocenters. The first-order valence-corrected chi connectivity index (χ1v) is 15.9. The Labute approximate surface area is 317 Å². The first-order valence-electron chi connectivity index (χ1n) is 15.9. The zero-order valence-electron chi connectivity index (χ0n) is 29.6. The summed E-state index contributed by atoms with van der Waals surface area (Å²) in [5, 5.41) is 86.5. The van der Waals surface area contributed by atoms with Gasteiger partial charge in [0.2, 0.25) is 0 Å². The van der Waals surface area contributed by atoms with Crippen LogP contribution in [-0.2, 0) is 0 Å². The van der Waals surface area contributed by atoms with Crippen LogP contribution in [0, 0.1) is 11.8 Å². The van der Waals surface area contributed by atoms with Crippen LogP contribution >= 0.6 is 0 Å². The zero-order valence-corrected chi connectivity index (χ0v) is 29.6. The molecule has 0 amide bonds. The van der Waals surface area contributed by atoms with Gasteiger partial charge in [-0.2, -0.15) is 0 Å². The molecular formula is C43H66O10. The molecule has 0 aliphatic rings. The van der Waals surface area contributed by atoms with Gasteiger partial charge in [0.05, 0.1) is 0 Å². The minimum atomic E-state index is 0. The van der Waals surface area contributed by atoms with Crippen LogP contribution in [0.2, 0.25) is 0 Å². The summed E-state index contributed by atoms with van der Waals surface area (Å²) in [4.78, 5) is 0. The fourth-order valence-corrected chi connectivity index (χ4v) is 3.41. The van der Waals surface area contributed by atoms with Crippen molar-refractivity contribution in [3.05, 3.63) is 121 Å². The Kier molecular flexibility index (Phi) is 36.8. The first kappa shape index (κ1) is 56.5. The van der Waals surface area contributed by atoms with Crippen LogP contribution in [0.1, 0.15) is 76.7 Å². The number of benzene rings is 5. The average molecular weight is 743 g/mol. The van der Waals surface area contributed by atoms with Gasteiger partial charge < -0.3 is 51.1 Å². The minimum absolute atomic E-state index is 0. The number of hydrogen-bond donors (Lipinski definition) is 10. The number of phenolic OH excluding ortho intramolecular Hbond substituents is 10. The summed E-state index contributed by atoms with van der Waals surface area (Å²) in [6.45, 7) is 13.3. The second-order valence-electron chi connectivity index (χ2n) is 11.3. The molecule has 5 aromatic rings. The van der Waals surface area contributed by atoms with E-state index >= 15 is 0 Å². The molecule has 0 bridgehead atoms. The molecule has 0 saturated carbocycles. The van der Waals surface area contributed by atoms with Crippen molar-refractivity contribution in [1.29, 1.82) is 0 Å². The smallest absolute Gasteiger partial charge is 0.119 e. The molecular weight excluding hydrogens is 676 g/mol.